The Morgan fingerprint density at radius 2 is 1.84 bits per heavy atom. The van der Waals surface area contributed by atoms with Crippen molar-refractivity contribution in [1.82, 2.24) is 9.97 Å². The smallest absolute Gasteiger partial charge is 0.335 e. The third-order valence-corrected chi connectivity index (χ3v) is 5.76. The summed E-state index contributed by atoms with van der Waals surface area (Å²) in [5.74, 6) is 0.260. The lowest BCUT2D eigenvalue weighted by Crippen LogP contribution is -1.99. The number of hydrogen-bond donors (Lipinski definition) is 3. The molecule has 0 atom stereocenters. The van der Waals surface area contributed by atoms with E-state index < -0.39 is 5.97 Å². The maximum Gasteiger partial charge on any atom is 0.335 e. The molecule has 2 aromatic heterocycles. The fraction of sp³-hybridized carbons (Fsp3) is 0.125. The number of anilines is 3. The van der Waals surface area contributed by atoms with Crippen LogP contribution in [0.4, 0.5) is 16.6 Å². The van der Waals surface area contributed by atoms with Crippen molar-refractivity contribution in [2.45, 2.75) is 18.9 Å². The van der Waals surface area contributed by atoms with Gasteiger partial charge in [0.05, 0.1) is 5.56 Å². The number of benzene rings is 2. The minimum atomic E-state index is -0.959. The molecule has 2 aromatic carbocycles. The van der Waals surface area contributed by atoms with Crippen LogP contribution in [0.5, 0.6) is 10.8 Å². The summed E-state index contributed by atoms with van der Waals surface area (Å²) < 4.78 is 6.23. The minimum absolute atomic E-state index is 0.231. The molecule has 8 heteroatoms. The van der Waals surface area contributed by atoms with Crippen LogP contribution in [-0.4, -0.2) is 27.1 Å². The second-order valence-corrected chi connectivity index (χ2v) is 8.39. The van der Waals surface area contributed by atoms with Gasteiger partial charge in [0.1, 0.15) is 17.3 Å². The Balaban J connectivity index is 1.38. The first-order valence-corrected chi connectivity index (χ1v) is 11.0. The first-order valence-electron chi connectivity index (χ1n) is 10.2. The van der Waals surface area contributed by atoms with Crippen molar-refractivity contribution in [2.75, 3.05) is 10.6 Å². The maximum atomic E-state index is 11.0. The van der Waals surface area contributed by atoms with Gasteiger partial charge >= 0.3 is 5.97 Å². The molecule has 7 nitrogen and oxygen atoms in total. The highest BCUT2D eigenvalue weighted by Gasteiger charge is 2.24. The molecule has 1 fully saturated rings. The molecule has 5 rings (SSSR count). The van der Waals surface area contributed by atoms with Crippen LogP contribution >= 0.6 is 11.3 Å². The predicted molar refractivity (Wildman–Crippen MR) is 125 cm³/mol. The van der Waals surface area contributed by atoms with Crippen LogP contribution in [0.15, 0.2) is 72.9 Å². The molecule has 0 amide bonds. The van der Waals surface area contributed by atoms with E-state index in [2.05, 4.69) is 15.6 Å². The number of carboxylic acid groups (broad SMARTS) is 1. The zero-order valence-corrected chi connectivity index (χ0v) is 17.8. The predicted octanol–water partition coefficient (Wildman–Crippen LogP) is 6.01. The number of thiazole rings is 1. The van der Waals surface area contributed by atoms with Crippen molar-refractivity contribution in [3.05, 3.63) is 78.5 Å². The molecule has 2 heterocycles. The number of carboxylic acids is 1. The Bertz CT molecular complexity index is 1240. The monoisotopic (exact) mass is 444 g/mol. The van der Waals surface area contributed by atoms with Crippen molar-refractivity contribution in [3.8, 4) is 22.1 Å². The first kappa shape index (κ1) is 20.0. The summed E-state index contributed by atoms with van der Waals surface area (Å²) in [4.78, 5) is 20.1. The Hall–Kier alpha value is -3.91. The summed E-state index contributed by atoms with van der Waals surface area (Å²) in [6.45, 7) is 0. The van der Waals surface area contributed by atoms with Gasteiger partial charge in [-0.2, -0.15) is 0 Å². The van der Waals surface area contributed by atoms with Crippen molar-refractivity contribution < 1.29 is 14.6 Å². The van der Waals surface area contributed by atoms with Gasteiger partial charge in [0.2, 0.25) is 5.06 Å². The van der Waals surface area contributed by atoms with Crippen molar-refractivity contribution >= 4 is 33.9 Å². The van der Waals surface area contributed by atoms with E-state index in [0.29, 0.717) is 22.7 Å². The topological polar surface area (TPSA) is 96.4 Å². The summed E-state index contributed by atoms with van der Waals surface area (Å²) >= 11 is 1.49. The van der Waals surface area contributed by atoms with Gasteiger partial charge in [0.25, 0.3) is 0 Å². The largest absolute Gasteiger partial charge is 0.478 e. The van der Waals surface area contributed by atoms with E-state index in [4.69, 9.17) is 14.8 Å². The average molecular weight is 445 g/mol. The number of hydrogen-bond acceptors (Lipinski definition) is 7. The SMILES string of the molecule is O=C(O)c1ccc(Nc2cc(Oc3sc(NC4CC4)nc3-c3ccccc3)ccn2)cc1. The van der Waals surface area contributed by atoms with Gasteiger partial charge < -0.3 is 20.5 Å². The van der Waals surface area contributed by atoms with E-state index in [1.165, 1.54) is 24.2 Å². The second-order valence-electron chi connectivity index (χ2n) is 7.43. The highest BCUT2D eigenvalue weighted by atomic mass is 32.1. The molecule has 32 heavy (non-hydrogen) atoms. The first-order chi connectivity index (χ1) is 15.6. The zero-order chi connectivity index (χ0) is 21.9. The van der Waals surface area contributed by atoms with E-state index in [1.807, 2.05) is 30.3 Å². The van der Waals surface area contributed by atoms with Gasteiger partial charge in [-0.05, 0) is 43.2 Å². The third kappa shape index (κ3) is 4.70. The molecule has 160 valence electrons. The van der Waals surface area contributed by atoms with E-state index in [0.717, 1.165) is 22.1 Å². The van der Waals surface area contributed by atoms with Gasteiger partial charge in [0, 0.05) is 29.6 Å². The Morgan fingerprint density at radius 1 is 1.06 bits per heavy atom. The number of aromatic nitrogens is 2. The summed E-state index contributed by atoms with van der Waals surface area (Å²) in [6.07, 6.45) is 4.00. The van der Waals surface area contributed by atoms with Crippen molar-refractivity contribution in [2.24, 2.45) is 0 Å². The number of pyridine rings is 1. The van der Waals surface area contributed by atoms with Gasteiger partial charge in [-0.1, -0.05) is 41.7 Å². The molecule has 1 saturated carbocycles. The molecule has 0 spiro atoms. The molecule has 0 radical (unpaired) electrons. The third-order valence-electron chi connectivity index (χ3n) is 4.89. The standard InChI is InChI=1S/C24H20N4O3S/c29-22(30)16-6-8-17(9-7-16)26-20-14-19(12-13-25-20)31-23-21(15-4-2-1-3-5-15)28-24(32-23)27-18-10-11-18/h1-9,12-14,18H,10-11H2,(H,25,26)(H,27,28)(H,29,30). The molecule has 0 aliphatic heterocycles. The maximum absolute atomic E-state index is 11.0. The molecular formula is C24H20N4O3S. The fourth-order valence-corrected chi connectivity index (χ4v) is 4.05. The van der Waals surface area contributed by atoms with Gasteiger partial charge in [0.15, 0.2) is 5.13 Å². The van der Waals surface area contributed by atoms with E-state index in [-0.39, 0.29) is 5.56 Å². The number of ether oxygens (including phenoxy) is 1. The Morgan fingerprint density at radius 3 is 2.56 bits per heavy atom. The minimum Gasteiger partial charge on any atom is -0.478 e. The normalized spacial score (nSPS) is 12.9. The van der Waals surface area contributed by atoms with Gasteiger partial charge in [-0.25, -0.2) is 14.8 Å². The molecule has 0 unspecified atom stereocenters. The number of nitrogens with zero attached hydrogens (tertiary/aromatic N) is 2. The fourth-order valence-electron chi connectivity index (χ4n) is 3.11. The van der Waals surface area contributed by atoms with Gasteiger partial charge in [-0.15, -0.1) is 0 Å². The zero-order valence-electron chi connectivity index (χ0n) is 17.0. The molecular weight excluding hydrogens is 424 g/mol. The number of rotatable bonds is 8. The quantitative estimate of drug-likeness (QED) is 0.306. The summed E-state index contributed by atoms with van der Waals surface area (Å²) in [5, 5.41) is 17.2. The van der Waals surface area contributed by atoms with Crippen LogP contribution in [0, 0.1) is 0 Å². The van der Waals surface area contributed by atoms with E-state index in [1.54, 1.807) is 42.6 Å². The molecule has 0 saturated heterocycles. The second kappa shape index (κ2) is 8.68. The summed E-state index contributed by atoms with van der Waals surface area (Å²) in [5.41, 5.74) is 2.76. The highest BCUT2D eigenvalue weighted by Crippen LogP contribution is 2.42. The van der Waals surface area contributed by atoms with Crippen LogP contribution < -0.4 is 15.4 Å². The average Bonchev–Trinajstić information content (AvgIpc) is 3.53. The lowest BCUT2D eigenvalue weighted by Gasteiger charge is -2.09. The summed E-state index contributed by atoms with van der Waals surface area (Å²) in [7, 11) is 0. The van der Waals surface area contributed by atoms with Gasteiger partial charge in [-0.3, -0.25) is 0 Å². The summed E-state index contributed by atoms with van der Waals surface area (Å²) in [6, 6.07) is 20.6. The van der Waals surface area contributed by atoms with Crippen LogP contribution in [0.1, 0.15) is 23.2 Å². The Labute approximate surface area is 188 Å². The number of aromatic carboxylic acids is 1. The van der Waals surface area contributed by atoms with Crippen LogP contribution in [-0.2, 0) is 0 Å². The van der Waals surface area contributed by atoms with Crippen LogP contribution in [0.3, 0.4) is 0 Å². The number of nitrogens with one attached hydrogen (secondary N) is 2. The molecule has 1 aliphatic rings. The van der Waals surface area contributed by atoms with E-state index in [9.17, 15) is 4.79 Å². The molecule has 1 aliphatic carbocycles. The lowest BCUT2D eigenvalue weighted by molar-refractivity contribution is 0.0697. The molecule has 4 aromatic rings. The number of carbonyl (C=O) groups is 1. The molecule has 0 bridgehead atoms. The van der Waals surface area contributed by atoms with Crippen LogP contribution in [0.2, 0.25) is 0 Å². The van der Waals surface area contributed by atoms with Crippen LogP contribution in [0.25, 0.3) is 11.3 Å². The lowest BCUT2D eigenvalue weighted by atomic mass is 10.2. The van der Waals surface area contributed by atoms with E-state index >= 15 is 0 Å². The highest BCUT2D eigenvalue weighted by molar-refractivity contribution is 7.17. The van der Waals surface area contributed by atoms with Crippen molar-refractivity contribution in [1.29, 1.82) is 0 Å². The Kier molecular flexibility index (Phi) is 5.43. The van der Waals surface area contributed by atoms with Crippen molar-refractivity contribution in [3.63, 3.8) is 0 Å². The molecule has 3 N–H and O–H groups in total.